The summed E-state index contributed by atoms with van der Waals surface area (Å²) in [7, 11) is 0. The Morgan fingerprint density at radius 2 is 1.93 bits per heavy atom. The van der Waals surface area contributed by atoms with Crippen LogP contribution < -0.4 is 5.32 Å². The van der Waals surface area contributed by atoms with Gasteiger partial charge in [0.1, 0.15) is 0 Å². The molecule has 0 saturated heterocycles. The van der Waals surface area contributed by atoms with E-state index < -0.39 is 5.92 Å². The van der Waals surface area contributed by atoms with Crippen LogP contribution in [-0.4, -0.2) is 43.0 Å². The Bertz CT molecular complexity index is 216. The van der Waals surface area contributed by atoms with E-state index in [0.717, 1.165) is 12.8 Å². The van der Waals surface area contributed by atoms with Crippen LogP contribution >= 0.6 is 0 Å². The summed E-state index contributed by atoms with van der Waals surface area (Å²) in [5, 5.41) is 2.87. The molecule has 1 aliphatic heterocycles. The van der Waals surface area contributed by atoms with Crippen molar-refractivity contribution in [3.05, 3.63) is 12.2 Å². The van der Waals surface area contributed by atoms with Crippen molar-refractivity contribution in [1.29, 1.82) is 0 Å². The second kappa shape index (κ2) is 3.95. The third-order valence-electron chi connectivity index (χ3n) is 2.58. The predicted molar refractivity (Wildman–Crippen MR) is 51.6 cm³/mol. The lowest BCUT2D eigenvalue weighted by Gasteiger charge is -2.23. The molecule has 0 aromatic carbocycles. The third-order valence-corrected chi connectivity index (χ3v) is 2.58. The molecular weight excluding hydrogens is 186 g/mol. The van der Waals surface area contributed by atoms with Gasteiger partial charge in [0.2, 0.25) is 0 Å². The van der Waals surface area contributed by atoms with Crippen molar-refractivity contribution < 1.29 is 8.78 Å². The van der Waals surface area contributed by atoms with Gasteiger partial charge in [-0.25, -0.2) is 8.78 Å². The molecule has 2 aliphatic rings. The molecule has 0 aromatic heterocycles. The van der Waals surface area contributed by atoms with Gasteiger partial charge in [-0.15, -0.1) is 0 Å². The van der Waals surface area contributed by atoms with Gasteiger partial charge in [-0.2, -0.15) is 0 Å². The molecule has 80 valence electrons. The van der Waals surface area contributed by atoms with Crippen LogP contribution in [0, 0.1) is 0 Å². The highest BCUT2D eigenvalue weighted by Gasteiger charge is 2.34. The molecule has 4 heteroatoms. The monoisotopic (exact) mass is 202 g/mol. The number of nitrogens with one attached hydrogen (secondary N) is 1. The molecular formula is C10H16F2N2. The van der Waals surface area contributed by atoms with Crippen LogP contribution in [0.25, 0.3) is 0 Å². The Balaban J connectivity index is 1.69. The lowest BCUT2D eigenvalue weighted by atomic mass is 10.3. The highest BCUT2D eigenvalue weighted by Crippen LogP contribution is 2.22. The van der Waals surface area contributed by atoms with E-state index in [0.29, 0.717) is 19.1 Å². The Morgan fingerprint density at radius 1 is 1.29 bits per heavy atom. The fraction of sp³-hybridized carbons (Fsp3) is 0.800. The minimum atomic E-state index is -2.59. The van der Waals surface area contributed by atoms with Crippen molar-refractivity contribution in [2.75, 3.05) is 26.2 Å². The van der Waals surface area contributed by atoms with Gasteiger partial charge in [0.25, 0.3) is 5.92 Å². The van der Waals surface area contributed by atoms with Crippen LogP contribution in [0.15, 0.2) is 12.2 Å². The van der Waals surface area contributed by atoms with Gasteiger partial charge in [0.15, 0.2) is 0 Å². The topological polar surface area (TPSA) is 15.3 Å². The van der Waals surface area contributed by atoms with Crippen molar-refractivity contribution in [1.82, 2.24) is 10.2 Å². The van der Waals surface area contributed by atoms with Gasteiger partial charge in [0.05, 0.1) is 13.1 Å². The lowest BCUT2D eigenvalue weighted by Crippen LogP contribution is -2.43. The molecule has 1 fully saturated rings. The molecule has 2 rings (SSSR count). The second-order valence-electron chi connectivity index (χ2n) is 4.18. The van der Waals surface area contributed by atoms with Crippen LogP contribution in [0.1, 0.15) is 12.8 Å². The number of nitrogens with zero attached hydrogens (tertiary/aromatic N) is 1. The van der Waals surface area contributed by atoms with Crippen molar-refractivity contribution in [3.8, 4) is 0 Å². The van der Waals surface area contributed by atoms with Gasteiger partial charge in [-0.1, -0.05) is 12.2 Å². The number of hydrogen-bond acceptors (Lipinski definition) is 2. The van der Waals surface area contributed by atoms with Crippen molar-refractivity contribution >= 4 is 0 Å². The van der Waals surface area contributed by atoms with Gasteiger partial charge < -0.3 is 5.32 Å². The SMILES string of the molecule is FC(F)(CNC1CC1)CN1CC=CC1. The number of alkyl halides is 2. The molecule has 1 N–H and O–H groups in total. The van der Waals surface area contributed by atoms with E-state index in [2.05, 4.69) is 5.32 Å². The largest absolute Gasteiger partial charge is 0.308 e. The quantitative estimate of drug-likeness (QED) is 0.675. The van der Waals surface area contributed by atoms with Gasteiger partial charge in [-0.3, -0.25) is 4.90 Å². The normalized spacial score (nSPS) is 23.3. The van der Waals surface area contributed by atoms with E-state index in [1.54, 1.807) is 4.90 Å². The smallest absolute Gasteiger partial charge is 0.272 e. The fourth-order valence-electron chi connectivity index (χ4n) is 1.62. The average Bonchev–Trinajstić information content (AvgIpc) is 2.82. The maximum Gasteiger partial charge on any atom is 0.272 e. The summed E-state index contributed by atoms with van der Waals surface area (Å²) in [5.41, 5.74) is 0. The molecule has 0 unspecified atom stereocenters. The van der Waals surface area contributed by atoms with Gasteiger partial charge in [0, 0.05) is 19.1 Å². The highest BCUT2D eigenvalue weighted by molar-refractivity contribution is 4.97. The second-order valence-corrected chi connectivity index (χ2v) is 4.18. The Hall–Kier alpha value is -0.480. The minimum Gasteiger partial charge on any atom is -0.308 e. The summed E-state index contributed by atoms with van der Waals surface area (Å²) in [5.74, 6) is -2.59. The molecule has 0 atom stereocenters. The Morgan fingerprint density at radius 3 is 2.50 bits per heavy atom. The molecule has 0 radical (unpaired) electrons. The predicted octanol–water partition coefficient (Wildman–Crippen LogP) is 1.25. The van der Waals surface area contributed by atoms with Crippen LogP contribution in [-0.2, 0) is 0 Å². The first-order chi connectivity index (χ1) is 6.66. The lowest BCUT2D eigenvalue weighted by molar-refractivity contribution is -0.0246. The van der Waals surface area contributed by atoms with E-state index in [9.17, 15) is 8.78 Å². The molecule has 1 aliphatic carbocycles. The van der Waals surface area contributed by atoms with Crippen LogP contribution in [0.3, 0.4) is 0 Å². The van der Waals surface area contributed by atoms with Gasteiger partial charge in [-0.05, 0) is 12.8 Å². The third kappa shape index (κ3) is 3.03. The average molecular weight is 202 g/mol. The molecule has 1 heterocycles. The first-order valence-corrected chi connectivity index (χ1v) is 5.14. The maximum absolute atomic E-state index is 13.3. The first kappa shape index (κ1) is 10.1. The molecule has 0 spiro atoms. The zero-order valence-electron chi connectivity index (χ0n) is 8.18. The molecule has 0 amide bonds. The Kier molecular flexibility index (Phi) is 2.83. The van der Waals surface area contributed by atoms with Crippen LogP contribution in [0.5, 0.6) is 0 Å². The number of halogens is 2. The van der Waals surface area contributed by atoms with Crippen LogP contribution in [0.4, 0.5) is 8.78 Å². The molecule has 1 saturated carbocycles. The van der Waals surface area contributed by atoms with E-state index in [1.807, 2.05) is 12.2 Å². The van der Waals surface area contributed by atoms with E-state index in [-0.39, 0.29) is 13.1 Å². The summed E-state index contributed by atoms with van der Waals surface area (Å²) >= 11 is 0. The summed E-state index contributed by atoms with van der Waals surface area (Å²) in [4.78, 5) is 1.76. The van der Waals surface area contributed by atoms with Crippen molar-refractivity contribution in [2.45, 2.75) is 24.8 Å². The van der Waals surface area contributed by atoms with E-state index >= 15 is 0 Å². The Labute approximate surface area is 83.0 Å². The summed E-state index contributed by atoms with van der Waals surface area (Å²) < 4.78 is 26.7. The maximum atomic E-state index is 13.3. The fourth-order valence-corrected chi connectivity index (χ4v) is 1.62. The molecule has 0 bridgehead atoms. The molecule has 14 heavy (non-hydrogen) atoms. The number of hydrogen-bond donors (Lipinski definition) is 1. The highest BCUT2D eigenvalue weighted by atomic mass is 19.3. The molecule has 2 nitrogen and oxygen atoms in total. The molecule has 0 aromatic rings. The van der Waals surface area contributed by atoms with E-state index in [1.165, 1.54) is 0 Å². The summed E-state index contributed by atoms with van der Waals surface area (Å²) in [6, 6.07) is 0.359. The van der Waals surface area contributed by atoms with Crippen molar-refractivity contribution in [3.63, 3.8) is 0 Å². The van der Waals surface area contributed by atoms with Gasteiger partial charge >= 0.3 is 0 Å². The number of rotatable bonds is 5. The van der Waals surface area contributed by atoms with E-state index in [4.69, 9.17) is 0 Å². The van der Waals surface area contributed by atoms with Crippen LogP contribution in [0.2, 0.25) is 0 Å². The zero-order chi connectivity index (χ0) is 10.0. The summed E-state index contributed by atoms with van der Waals surface area (Å²) in [6.07, 6.45) is 5.98. The minimum absolute atomic E-state index is 0.125. The van der Waals surface area contributed by atoms with Crippen molar-refractivity contribution in [2.24, 2.45) is 0 Å². The summed E-state index contributed by atoms with van der Waals surface area (Å²) in [6.45, 7) is 1.03. The zero-order valence-corrected chi connectivity index (χ0v) is 8.18. The standard InChI is InChI=1S/C10H16F2N2/c11-10(12,7-13-9-3-4-9)8-14-5-1-2-6-14/h1-2,9,13H,3-8H2. The first-order valence-electron chi connectivity index (χ1n) is 5.14.